The molecular formula is C24H28N4O2S. The molecule has 7 heteroatoms. The van der Waals surface area contributed by atoms with Crippen molar-refractivity contribution in [2.75, 3.05) is 11.1 Å². The third-order valence-electron chi connectivity index (χ3n) is 4.90. The van der Waals surface area contributed by atoms with E-state index >= 15 is 0 Å². The summed E-state index contributed by atoms with van der Waals surface area (Å²) in [7, 11) is 0. The van der Waals surface area contributed by atoms with Gasteiger partial charge in [0.25, 0.3) is 0 Å². The molecule has 1 heterocycles. The highest BCUT2D eigenvalue weighted by Crippen LogP contribution is 2.24. The number of anilines is 1. The summed E-state index contributed by atoms with van der Waals surface area (Å²) in [5, 5.41) is 12.2. The van der Waals surface area contributed by atoms with Crippen LogP contribution < -0.4 is 5.32 Å². The van der Waals surface area contributed by atoms with E-state index in [1.807, 2.05) is 41.8 Å². The van der Waals surface area contributed by atoms with Crippen LogP contribution in [0.5, 0.6) is 0 Å². The molecule has 0 unspecified atom stereocenters. The Kier molecular flexibility index (Phi) is 8.41. The van der Waals surface area contributed by atoms with Gasteiger partial charge in [0.05, 0.1) is 5.75 Å². The second-order valence-corrected chi connectivity index (χ2v) is 8.15. The lowest BCUT2D eigenvalue weighted by atomic mass is 10.1. The van der Waals surface area contributed by atoms with Gasteiger partial charge >= 0.3 is 0 Å². The van der Waals surface area contributed by atoms with E-state index in [1.165, 1.54) is 11.8 Å². The fourth-order valence-corrected chi connectivity index (χ4v) is 4.09. The molecule has 0 aliphatic rings. The molecule has 0 saturated carbocycles. The molecule has 0 saturated heterocycles. The summed E-state index contributed by atoms with van der Waals surface area (Å²) >= 11 is 1.39. The highest BCUT2D eigenvalue weighted by molar-refractivity contribution is 7.99. The molecule has 1 amide bonds. The smallest absolute Gasteiger partial charge is 0.224 e. The number of hydrogen-bond donors (Lipinski definition) is 1. The zero-order valence-corrected chi connectivity index (χ0v) is 18.8. The molecule has 0 aliphatic heterocycles. The fraction of sp³-hybridized carbons (Fsp3) is 0.333. The van der Waals surface area contributed by atoms with Crippen LogP contribution in [0.2, 0.25) is 0 Å². The van der Waals surface area contributed by atoms with Crippen LogP contribution in [-0.4, -0.2) is 32.2 Å². The minimum atomic E-state index is 0.0104. The Hall–Kier alpha value is -2.93. The second-order valence-electron chi connectivity index (χ2n) is 7.21. The Labute approximate surface area is 187 Å². The highest BCUT2D eigenvalue weighted by Gasteiger charge is 2.15. The van der Waals surface area contributed by atoms with Crippen molar-refractivity contribution in [3.05, 3.63) is 60.2 Å². The van der Waals surface area contributed by atoms with E-state index in [1.54, 1.807) is 24.3 Å². The highest BCUT2D eigenvalue weighted by atomic mass is 32.2. The zero-order valence-electron chi connectivity index (χ0n) is 18.0. The lowest BCUT2D eigenvalue weighted by Gasteiger charge is -2.08. The van der Waals surface area contributed by atoms with E-state index in [9.17, 15) is 9.59 Å². The average Bonchev–Trinajstić information content (AvgIpc) is 3.21. The van der Waals surface area contributed by atoms with Crippen molar-refractivity contribution in [1.82, 2.24) is 14.8 Å². The van der Waals surface area contributed by atoms with Gasteiger partial charge in [-0.05, 0) is 37.6 Å². The number of ketones is 1. The first-order chi connectivity index (χ1) is 15.1. The van der Waals surface area contributed by atoms with Gasteiger partial charge in [-0.1, -0.05) is 61.9 Å². The summed E-state index contributed by atoms with van der Waals surface area (Å²) in [4.78, 5) is 24.6. The SMILES string of the molecule is CCCCCC(=O)Nc1ccc(C(=O)CSc2nnc(-c3ccccc3)n2CC)cc1. The summed E-state index contributed by atoms with van der Waals surface area (Å²) in [6.45, 7) is 4.87. The summed E-state index contributed by atoms with van der Waals surface area (Å²) < 4.78 is 2.02. The van der Waals surface area contributed by atoms with E-state index in [4.69, 9.17) is 0 Å². The number of carbonyl (C=O) groups excluding carboxylic acids is 2. The Morgan fingerprint density at radius 2 is 1.71 bits per heavy atom. The van der Waals surface area contributed by atoms with Crippen molar-refractivity contribution in [3.8, 4) is 11.4 Å². The molecule has 6 nitrogen and oxygen atoms in total. The van der Waals surface area contributed by atoms with Gasteiger partial charge < -0.3 is 9.88 Å². The van der Waals surface area contributed by atoms with Crippen LogP contribution >= 0.6 is 11.8 Å². The molecule has 0 bridgehead atoms. The van der Waals surface area contributed by atoms with Crippen molar-refractivity contribution >= 4 is 29.1 Å². The number of carbonyl (C=O) groups is 2. The van der Waals surface area contributed by atoms with Gasteiger partial charge in [0, 0.05) is 29.8 Å². The summed E-state index contributed by atoms with van der Waals surface area (Å²) in [6.07, 6.45) is 3.56. The van der Waals surface area contributed by atoms with E-state index in [2.05, 4.69) is 22.4 Å². The number of rotatable bonds is 11. The number of Topliss-reactive ketones (excluding diaryl/α,β-unsaturated/α-hetero) is 1. The zero-order chi connectivity index (χ0) is 22.1. The van der Waals surface area contributed by atoms with E-state index in [0.29, 0.717) is 17.7 Å². The molecule has 0 aliphatic carbocycles. The summed E-state index contributed by atoms with van der Waals surface area (Å²) in [5.74, 6) is 1.10. The van der Waals surface area contributed by atoms with Crippen LogP contribution in [0.3, 0.4) is 0 Å². The Morgan fingerprint density at radius 1 is 0.968 bits per heavy atom. The van der Waals surface area contributed by atoms with Gasteiger partial charge in [-0.15, -0.1) is 10.2 Å². The molecule has 2 aromatic carbocycles. The van der Waals surface area contributed by atoms with Gasteiger partial charge in [-0.25, -0.2) is 0 Å². The first kappa shape index (κ1) is 22.7. The monoisotopic (exact) mass is 436 g/mol. The molecule has 31 heavy (non-hydrogen) atoms. The van der Waals surface area contributed by atoms with Crippen LogP contribution in [0.4, 0.5) is 5.69 Å². The van der Waals surface area contributed by atoms with Crippen molar-refractivity contribution in [1.29, 1.82) is 0 Å². The van der Waals surface area contributed by atoms with E-state index in [-0.39, 0.29) is 17.4 Å². The largest absolute Gasteiger partial charge is 0.326 e. The minimum Gasteiger partial charge on any atom is -0.326 e. The maximum Gasteiger partial charge on any atom is 0.224 e. The third-order valence-corrected chi connectivity index (χ3v) is 5.86. The van der Waals surface area contributed by atoms with Gasteiger partial charge in [0.2, 0.25) is 5.91 Å². The number of benzene rings is 2. The van der Waals surface area contributed by atoms with E-state index in [0.717, 1.165) is 42.4 Å². The lowest BCUT2D eigenvalue weighted by Crippen LogP contribution is -2.11. The Bertz CT molecular complexity index is 1000. The van der Waals surface area contributed by atoms with Crippen LogP contribution in [0.1, 0.15) is 49.9 Å². The number of unbranched alkanes of at least 4 members (excludes halogenated alkanes) is 2. The third kappa shape index (κ3) is 6.28. The maximum absolute atomic E-state index is 12.6. The first-order valence-electron chi connectivity index (χ1n) is 10.7. The molecule has 0 radical (unpaired) electrons. The molecule has 162 valence electrons. The lowest BCUT2D eigenvalue weighted by molar-refractivity contribution is -0.116. The van der Waals surface area contributed by atoms with Crippen LogP contribution in [-0.2, 0) is 11.3 Å². The molecule has 0 atom stereocenters. The number of thioether (sulfide) groups is 1. The quantitative estimate of drug-likeness (QED) is 0.245. The molecule has 0 fully saturated rings. The fourth-order valence-electron chi connectivity index (χ4n) is 3.19. The van der Waals surface area contributed by atoms with Crippen LogP contribution in [0, 0.1) is 0 Å². The molecule has 0 spiro atoms. The second kappa shape index (κ2) is 11.5. The molecule has 1 N–H and O–H groups in total. The molecule has 3 rings (SSSR count). The number of amides is 1. The van der Waals surface area contributed by atoms with E-state index < -0.39 is 0 Å². The summed E-state index contributed by atoms with van der Waals surface area (Å²) in [5.41, 5.74) is 2.33. The van der Waals surface area contributed by atoms with Gasteiger partial charge in [0.1, 0.15) is 0 Å². The Balaban J connectivity index is 1.57. The minimum absolute atomic E-state index is 0.0104. The molecular weight excluding hydrogens is 408 g/mol. The predicted octanol–water partition coefficient (Wildman–Crippen LogP) is 5.46. The van der Waals surface area contributed by atoms with Crippen molar-refractivity contribution in [3.63, 3.8) is 0 Å². The normalized spacial score (nSPS) is 10.8. The van der Waals surface area contributed by atoms with Gasteiger partial charge in [-0.2, -0.15) is 0 Å². The number of nitrogens with one attached hydrogen (secondary N) is 1. The van der Waals surface area contributed by atoms with Crippen molar-refractivity contribution < 1.29 is 9.59 Å². The topological polar surface area (TPSA) is 76.9 Å². The van der Waals surface area contributed by atoms with Gasteiger partial charge in [-0.3, -0.25) is 9.59 Å². The predicted molar refractivity (Wildman–Crippen MR) is 125 cm³/mol. The van der Waals surface area contributed by atoms with Crippen LogP contribution in [0.25, 0.3) is 11.4 Å². The standard InChI is InChI=1S/C24H28N4O2S/c1-3-5-7-12-22(30)25-20-15-13-18(14-16-20)21(29)17-31-24-27-26-23(28(24)4-2)19-10-8-6-9-11-19/h6,8-11,13-16H,3-5,7,12,17H2,1-2H3,(H,25,30). The average molecular weight is 437 g/mol. The molecule has 1 aromatic heterocycles. The number of aromatic nitrogens is 3. The number of hydrogen-bond acceptors (Lipinski definition) is 5. The number of nitrogens with zero attached hydrogens (tertiary/aromatic N) is 3. The van der Waals surface area contributed by atoms with Gasteiger partial charge in [0.15, 0.2) is 16.8 Å². The van der Waals surface area contributed by atoms with Crippen LogP contribution in [0.15, 0.2) is 59.8 Å². The van der Waals surface area contributed by atoms with Crippen molar-refractivity contribution in [2.45, 2.75) is 51.2 Å². The maximum atomic E-state index is 12.6. The molecule has 3 aromatic rings. The Morgan fingerprint density at radius 3 is 2.39 bits per heavy atom. The summed E-state index contributed by atoms with van der Waals surface area (Å²) in [6, 6.07) is 17.0. The van der Waals surface area contributed by atoms with Crippen molar-refractivity contribution in [2.24, 2.45) is 0 Å². The first-order valence-corrected chi connectivity index (χ1v) is 11.7.